The second kappa shape index (κ2) is 4.81. The van der Waals surface area contributed by atoms with Crippen LogP contribution in [0.3, 0.4) is 0 Å². The summed E-state index contributed by atoms with van der Waals surface area (Å²) < 4.78 is 1.51. The van der Waals surface area contributed by atoms with Crippen LogP contribution in [-0.2, 0) is 4.79 Å². The van der Waals surface area contributed by atoms with Crippen LogP contribution in [0.5, 0.6) is 0 Å². The number of halogens is 1. The molecule has 0 aliphatic heterocycles. The van der Waals surface area contributed by atoms with Crippen LogP contribution in [0.15, 0.2) is 25.0 Å². The molecule has 76 valence electrons. The van der Waals surface area contributed by atoms with Gasteiger partial charge >= 0.3 is 0 Å². The Balaban J connectivity index is 2.60. The lowest BCUT2D eigenvalue weighted by atomic mass is 10.3. The maximum Gasteiger partial charge on any atom is 0.244 e. The molecule has 14 heavy (non-hydrogen) atoms. The van der Waals surface area contributed by atoms with Crippen molar-refractivity contribution in [3.05, 3.63) is 30.1 Å². The van der Waals surface area contributed by atoms with Crippen LogP contribution in [0.25, 0.3) is 0 Å². The van der Waals surface area contributed by atoms with Crippen molar-refractivity contribution in [2.75, 3.05) is 6.54 Å². The van der Waals surface area contributed by atoms with Gasteiger partial charge < -0.3 is 5.32 Å². The van der Waals surface area contributed by atoms with Gasteiger partial charge in [0.05, 0.1) is 11.2 Å². The predicted octanol–water partition coefficient (Wildman–Crippen LogP) is 1.40. The number of aromatic nitrogens is 2. The van der Waals surface area contributed by atoms with Crippen molar-refractivity contribution in [2.45, 2.75) is 13.0 Å². The largest absolute Gasteiger partial charge is 0.351 e. The third-order valence-electron chi connectivity index (χ3n) is 1.77. The maximum absolute atomic E-state index is 11.4. The molecule has 1 heterocycles. The Hall–Kier alpha value is -1.29. The number of nitrogens with zero attached hydrogens (tertiary/aromatic N) is 2. The van der Waals surface area contributed by atoms with Crippen LogP contribution in [0, 0.1) is 0 Å². The molecule has 0 bridgehead atoms. The Morgan fingerprint density at radius 2 is 2.64 bits per heavy atom. The molecule has 0 aromatic carbocycles. The van der Waals surface area contributed by atoms with Gasteiger partial charge in [-0.1, -0.05) is 17.7 Å². The highest BCUT2D eigenvalue weighted by atomic mass is 35.5. The van der Waals surface area contributed by atoms with E-state index in [0.717, 1.165) is 0 Å². The molecule has 0 spiro atoms. The number of rotatable bonds is 4. The molecule has 1 rings (SSSR count). The fourth-order valence-electron chi connectivity index (χ4n) is 0.967. The third kappa shape index (κ3) is 2.60. The first-order valence-corrected chi connectivity index (χ1v) is 4.61. The van der Waals surface area contributed by atoms with Crippen LogP contribution >= 0.6 is 11.6 Å². The van der Waals surface area contributed by atoms with Crippen molar-refractivity contribution in [1.29, 1.82) is 0 Å². The summed E-state index contributed by atoms with van der Waals surface area (Å²) >= 11 is 5.68. The first-order chi connectivity index (χ1) is 6.65. The lowest BCUT2D eigenvalue weighted by molar-refractivity contribution is -0.123. The normalized spacial score (nSPS) is 12.1. The smallest absolute Gasteiger partial charge is 0.244 e. The molecular weight excluding hydrogens is 202 g/mol. The molecule has 0 radical (unpaired) electrons. The summed E-state index contributed by atoms with van der Waals surface area (Å²) in [5.41, 5.74) is 0. The molecule has 0 aliphatic rings. The van der Waals surface area contributed by atoms with Crippen molar-refractivity contribution in [1.82, 2.24) is 15.1 Å². The van der Waals surface area contributed by atoms with Crippen LogP contribution in [0.2, 0.25) is 5.02 Å². The minimum atomic E-state index is -0.359. The van der Waals surface area contributed by atoms with E-state index in [-0.39, 0.29) is 11.9 Å². The highest BCUT2D eigenvalue weighted by Gasteiger charge is 2.14. The quantitative estimate of drug-likeness (QED) is 0.769. The van der Waals surface area contributed by atoms with E-state index in [4.69, 9.17) is 11.6 Å². The van der Waals surface area contributed by atoms with Gasteiger partial charge in [0.2, 0.25) is 5.91 Å². The fraction of sp³-hybridized carbons (Fsp3) is 0.333. The van der Waals surface area contributed by atoms with Gasteiger partial charge in [0.15, 0.2) is 0 Å². The van der Waals surface area contributed by atoms with Gasteiger partial charge in [-0.25, -0.2) is 0 Å². The van der Waals surface area contributed by atoms with Gasteiger partial charge in [-0.05, 0) is 6.92 Å². The zero-order chi connectivity index (χ0) is 10.6. The predicted molar refractivity (Wildman–Crippen MR) is 55.2 cm³/mol. The standard InChI is InChI=1S/C9H12ClN3O/c1-3-4-11-9(14)7(2)13-6-8(10)5-12-13/h3,5-7H,1,4H2,2H3,(H,11,14). The van der Waals surface area contributed by atoms with Crippen LogP contribution in [-0.4, -0.2) is 22.2 Å². The summed E-state index contributed by atoms with van der Waals surface area (Å²) in [6, 6.07) is -0.359. The lowest BCUT2D eigenvalue weighted by Gasteiger charge is -2.10. The fourth-order valence-corrected chi connectivity index (χ4v) is 1.11. The van der Waals surface area contributed by atoms with E-state index in [1.165, 1.54) is 10.9 Å². The second-order valence-electron chi connectivity index (χ2n) is 2.85. The summed E-state index contributed by atoms with van der Waals surface area (Å²) in [5, 5.41) is 7.14. The average Bonchev–Trinajstić information content (AvgIpc) is 2.60. The van der Waals surface area contributed by atoms with Crippen molar-refractivity contribution in [2.24, 2.45) is 0 Å². The van der Waals surface area contributed by atoms with Crippen molar-refractivity contribution >= 4 is 17.5 Å². The Kier molecular flexibility index (Phi) is 3.71. The average molecular weight is 214 g/mol. The summed E-state index contributed by atoms with van der Waals surface area (Å²) in [7, 11) is 0. The highest BCUT2D eigenvalue weighted by molar-refractivity contribution is 6.30. The van der Waals surface area contributed by atoms with Crippen LogP contribution in [0.1, 0.15) is 13.0 Å². The van der Waals surface area contributed by atoms with E-state index in [2.05, 4.69) is 17.0 Å². The number of hydrogen-bond donors (Lipinski definition) is 1. The van der Waals surface area contributed by atoms with Crippen molar-refractivity contribution < 1.29 is 4.79 Å². The molecule has 0 aliphatic carbocycles. The zero-order valence-electron chi connectivity index (χ0n) is 7.90. The maximum atomic E-state index is 11.4. The van der Waals surface area contributed by atoms with Gasteiger partial charge in [0.1, 0.15) is 6.04 Å². The summed E-state index contributed by atoms with van der Waals surface area (Å²) in [6.07, 6.45) is 4.74. The minimum Gasteiger partial charge on any atom is -0.351 e. The van der Waals surface area contributed by atoms with Gasteiger partial charge in [-0.2, -0.15) is 5.10 Å². The minimum absolute atomic E-state index is 0.107. The Morgan fingerprint density at radius 1 is 1.93 bits per heavy atom. The topological polar surface area (TPSA) is 46.9 Å². The van der Waals surface area contributed by atoms with Crippen molar-refractivity contribution in [3.8, 4) is 0 Å². The van der Waals surface area contributed by atoms with E-state index >= 15 is 0 Å². The molecule has 1 unspecified atom stereocenters. The molecule has 0 saturated heterocycles. The SMILES string of the molecule is C=CCNC(=O)C(C)n1cc(Cl)cn1. The van der Waals surface area contributed by atoms with Gasteiger partial charge in [-0.3, -0.25) is 9.48 Å². The molecule has 1 aromatic rings. The van der Waals surface area contributed by atoms with E-state index in [1.54, 1.807) is 19.2 Å². The monoisotopic (exact) mass is 213 g/mol. The first-order valence-electron chi connectivity index (χ1n) is 4.23. The summed E-state index contributed by atoms with van der Waals surface area (Å²) in [4.78, 5) is 11.4. The van der Waals surface area contributed by atoms with E-state index < -0.39 is 0 Å². The molecular formula is C9H12ClN3O. The molecule has 1 amide bonds. The molecule has 1 atom stereocenters. The Morgan fingerprint density at radius 3 is 3.14 bits per heavy atom. The highest BCUT2D eigenvalue weighted by Crippen LogP contribution is 2.10. The molecule has 1 N–H and O–H groups in total. The molecule has 0 fully saturated rings. The Bertz CT molecular complexity index is 335. The molecule has 4 nitrogen and oxygen atoms in total. The van der Waals surface area contributed by atoms with Crippen LogP contribution in [0.4, 0.5) is 0 Å². The van der Waals surface area contributed by atoms with E-state index in [0.29, 0.717) is 11.6 Å². The molecule has 5 heteroatoms. The van der Waals surface area contributed by atoms with Crippen LogP contribution < -0.4 is 5.32 Å². The number of carbonyl (C=O) groups is 1. The molecule has 0 saturated carbocycles. The number of hydrogen-bond acceptors (Lipinski definition) is 2. The molecule has 1 aromatic heterocycles. The van der Waals surface area contributed by atoms with E-state index in [1.807, 2.05) is 0 Å². The summed E-state index contributed by atoms with van der Waals surface area (Å²) in [5.74, 6) is -0.107. The first kappa shape index (κ1) is 10.8. The number of nitrogens with one attached hydrogen (secondary N) is 1. The third-order valence-corrected chi connectivity index (χ3v) is 1.96. The van der Waals surface area contributed by atoms with Gasteiger partial charge in [-0.15, -0.1) is 6.58 Å². The Labute approximate surface area is 87.6 Å². The van der Waals surface area contributed by atoms with Crippen molar-refractivity contribution in [3.63, 3.8) is 0 Å². The van der Waals surface area contributed by atoms with Gasteiger partial charge in [0, 0.05) is 12.7 Å². The number of amides is 1. The number of carbonyl (C=O) groups excluding carboxylic acids is 1. The summed E-state index contributed by atoms with van der Waals surface area (Å²) in [6.45, 7) is 5.72. The zero-order valence-corrected chi connectivity index (χ0v) is 8.66. The lowest BCUT2D eigenvalue weighted by Crippen LogP contribution is -2.31. The van der Waals surface area contributed by atoms with Gasteiger partial charge in [0.25, 0.3) is 0 Å². The van der Waals surface area contributed by atoms with E-state index in [9.17, 15) is 4.79 Å². The second-order valence-corrected chi connectivity index (χ2v) is 3.28.